The molecular weight excluding hydrogens is 314 g/mol. The Labute approximate surface area is 147 Å². The molecular formula is C21H21NO3. The van der Waals surface area contributed by atoms with Gasteiger partial charge < -0.3 is 14.5 Å². The van der Waals surface area contributed by atoms with E-state index in [9.17, 15) is 4.79 Å². The van der Waals surface area contributed by atoms with Crippen LogP contribution in [0.3, 0.4) is 0 Å². The number of aryl methyl sites for hydroxylation is 1. The van der Waals surface area contributed by atoms with E-state index in [2.05, 4.69) is 5.32 Å². The molecule has 0 aliphatic carbocycles. The van der Waals surface area contributed by atoms with Crippen molar-refractivity contribution in [2.75, 3.05) is 0 Å². The second-order valence-corrected chi connectivity index (χ2v) is 5.93. The third kappa shape index (κ3) is 4.29. The Morgan fingerprint density at radius 3 is 2.52 bits per heavy atom. The van der Waals surface area contributed by atoms with Crippen LogP contribution in [0, 0.1) is 6.92 Å². The highest BCUT2D eigenvalue weighted by molar-refractivity contribution is 5.91. The summed E-state index contributed by atoms with van der Waals surface area (Å²) < 4.78 is 11.3. The number of hydrogen-bond donors (Lipinski definition) is 1. The van der Waals surface area contributed by atoms with Gasteiger partial charge in [0.1, 0.15) is 18.1 Å². The predicted octanol–water partition coefficient (Wildman–Crippen LogP) is 4.66. The highest BCUT2D eigenvalue weighted by Crippen LogP contribution is 2.19. The first-order chi connectivity index (χ1) is 12.1. The van der Waals surface area contributed by atoms with Gasteiger partial charge in [-0.25, -0.2) is 0 Å². The summed E-state index contributed by atoms with van der Waals surface area (Å²) in [6, 6.07) is 20.9. The van der Waals surface area contributed by atoms with E-state index in [0.29, 0.717) is 5.76 Å². The second-order valence-electron chi connectivity index (χ2n) is 5.93. The van der Waals surface area contributed by atoms with Gasteiger partial charge in [0, 0.05) is 0 Å². The van der Waals surface area contributed by atoms with E-state index in [4.69, 9.17) is 9.15 Å². The number of carbonyl (C=O) groups excluding carboxylic acids is 1. The van der Waals surface area contributed by atoms with Crippen molar-refractivity contribution in [2.45, 2.75) is 26.5 Å². The Morgan fingerprint density at radius 1 is 1.04 bits per heavy atom. The quantitative estimate of drug-likeness (QED) is 0.713. The maximum absolute atomic E-state index is 12.3. The molecule has 2 aromatic carbocycles. The minimum atomic E-state index is -0.238. The molecule has 0 bridgehead atoms. The van der Waals surface area contributed by atoms with Gasteiger partial charge in [-0.1, -0.05) is 48.5 Å². The van der Waals surface area contributed by atoms with Gasteiger partial charge in [-0.15, -0.1) is 0 Å². The van der Waals surface area contributed by atoms with Crippen molar-refractivity contribution >= 4 is 5.91 Å². The summed E-state index contributed by atoms with van der Waals surface area (Å²) in [6.07, 6.45) is 0. The van der Waals surface area contributed by atoms with Crippen LogP contribution in [-0.2, 0) is 6.61 Å². The molecule has 0 aliphatic rings. The number of carbonyl (C=O) groups is 1. The summed E-state index contributed by atoms with van der Waals surface area (Å²) in [5.74, 6) is 1.47. The van der Waals surface area contributed by atoms with E-state index in [1.54, 1.807) is 12.1 Å². The number of hydrogen-bond acceptors (Lipinski definition) is 3. The average molecular weight is 335 g/mol. The van der Waals surface area contributed by atoms with Crippen molar-refractivity contribution in [1.82, 2.24) is 5.32 Å². The molecule has 4 nitrogen and oxygen atoms in total. The Kier molecular flexibility index (Phi) is 5.19. The van der Waals surface area contributed by atoms with Crippen LogP contribution in [0.5, 0.6) is 5.75 Å². The third-order valence-corrected chi connectivity index (χ3v) is 4.00. The van der Waals surface area contributed by atoms with Gasteiger partial charge in [0.05, 0.1) is 6.04 Å². The van der Waals surface area contributed by atoms with Crippen LogP contribution in [0.15, 0.2) is 71.1 Å². The zero-order valence-electron chi connectivity index (χ0n) is 14.4. The van der Waals surface area contributed by atoms with Crippen LogP contribution in [0.25, 0.3) is 0 Å². The third-order valence-electron chi connectivity index (χ3n) is 4.00. The molecule has 25 heavy (non-hydrogen) atoms. The molecule has 0 radical (unpaired) electrons. The fraction of sp³-hybridized carbons (Fsp3) is 0.190. The summed E-state index contributed by atoms with van der Waals surface area (Å²) in [4.78, 5) is 12.3. The van der Waals surface area contributed by atoms with Crippen LogP contribution >= 0.6 is 0 Å². The predicted molar refractivity (Wildman–Crippen MR) is 96.5 cm³/mol. The van der Waals surface area contributed by atoms with E-state index in [1.165, 1.54) is 0 Å². The van der Waals surface area contributed by atoms with E-state index < -0.39 is 0 Å². The molecule has 1 aromatic heterocycles. The molecule has 1 amide bonds. The molecule has 0 saturated heterocycles. The number of nitrogens with one attached hydrogen (secondary N) is 1. The van der Waals surface area contributed by atoms with Gasteiger partial charge in [-0.2, -0.15) is 0 Å². The first-order valence-electron chi connectivity index (χ1n) is 8.26. The molecule has 0 saturated carbocycles. The lowest BCUT2D eigenvalue weighted by atomic mass is 10.1. The highest BCUT2D eigenvalue weighted by Gasteiger charge is 2.15. The lowest BCUT2D eigenvalue weighted by Crippen LogP contribution is -2.26. The Bertz CT molecular complexity index is 839. The van der Waals surface area contributed by atoms with Gasteiger partial charge >= 0.3 is 0 Å². The van der Waals surface area contributed by atoms with Crippen molar-refractivity contribution < 1.29 is 13.9 Å². The lowest BCUT2D eigenvalue weighted by molar-refractivity contribution is 0.0907. The van der Waals surface area contributed by atoms with E-state index >= 15 is 0 Å². The number of furan rings is 1. The maximum atomic E-state index is 12.3. The summed E-state index contributed by atoms with van der Waals surface area (Å²) in [7, 11) is 0. The Balaban J connectivity index is 1.59. The highest BCUT2D eigenvalue weighted by atomic mass is 16.5. The standard InChI is InChI=1S/C21H21NO3/c1-15-8-6-7-11-19(15)24-14-18-12-13-20(25-18)21(23)22-16(2)17-9-4-3-5-10-17/h3-13,16H,14H2,1-2H3,(H,22,23). The normalized spacial score (nSPS) is 11.8. The number of rotatable bonds is 6. The van der Waals surface area contributed by atoms with Crippen LogP contribution in [0.4, 0.5) is 0 Å². The summed E-state index contributed by atoms with van der Waals surface area (Å²) in [5.41, 5.74) is 2.11. The fourth-order valence-corrected chi connectivity index (χ4v) is 2.54. The van der Waals surface area contributed by atoms with Crippen LogP contribution in [-0.4, -0.2) is 5.91 Å². The first kappa shape index (κ1) is 16.8. The second kappa shape index (κ2) is 7.71. The SMILES string of the molecule is Cc1ccccc1OCc1ccc(C(=O)NC(C)c2ccccc2)o1. The average Bonchev–Trinajstić information content (AvgIpc) is 3.11. The van der Waals surface area contributed by atoms with Crippen LogP contribution in [0.1, 0.15) is 40.4 Å². The van der Waals surface area contributed by atoms with E-state index in [-0.39, 0.29) is 24.3 Å². The molecule has 1 N–H and O–H groups in total. The number of ether oxygens (including phenoxy) is 1. The van der Waals surface area contributed by atoms with E-state index in [0.717, 1.165) is 16.9 Å². The lowest BCUT2D eigenvalue weighted by Gasteiger charge is -2.13. The monoisotopic (exact) mass is 335 g/mol. The van der Waals surface area contributed by atoms with Gasteiger partial charge in [0.25, 0.3) is 5.91 Å². The van der Waals surface area contributed by atoms with Crippen molar-refractivity contribution in [3.05, 3.63) is 89.4 Å². The topological polar surface area (TPSA) is 51.5 Å². The summed E-state index contributed by atoms with van der Waals surface area (Å²) >= 11 is 0. The smallest absolute Gasteiger partial charge is 0.287 e. The molecule has 0 aliphatic heterocycles. The van der Waals surface area contributed by atoms with Gasteiger partial charge in [-0.3, -0.25) is 4.79 Å². The summed E-state index contributed by atoms with van der Waals surface area (Å²) in [6.45, 7) is 4.21. The molecule has 3 aromatic rings. The zero-order chi connectivity index (χ0) is 17.6. The van der Waals surface area contributed by atoms with Gasteiger partial charge in [0.2, 0.25) is 0 Å². The van der Waals surface area contributed by atoms with Gasteiger partial charge in [-0.05, 0) is 43.2 Å². The molecule has 1 atom stereocenters. The summed E-state index contributed by atoms with van der Waals surface area (Å²) in [5, 5.41) is 2.94. The minimum Gasteiger partial charge on any atom is -0.485 e. The number of amides is 1. The Hall–Kier alpha value is -3.01. The molecule has 4 heteroatoms. The van der Waals surface area contributed by atoms with Crippen LogP contribution in [0.2, 0.25) is 0 Å². The molecule has 1 heterocycles. The Morgan fingerprint density at radius 2 is 1.76 bits per heavy atom. The minimum absolute atomic E-state index is 0.0922. The first-order valence-corrected chi connectivity index (χ1v) is 8.26. The van der Waals surface area contributed by atoms with Crippen molar-refractivity contribution in [1.29, 1.82) is 0 Å². The van der Waals surface area contributed by atoms with Crippen molar-refractivity contribution in [3.8, 4) is 5.75 Å². The molecule has 0 fully saturated rings. The van der Waals surface area contributed by atoms with Crippen molar-refractivity contribution in [2.24, 2.45) is 0 Å². The van der Waals surface area contributed by atoms with E-state index in [1.807, 2.05) is 68.4 Å². The van der Waals surface area contributed by atoms with Gasteiger partial charge in [0.15, 0.2) is 5.76 Å². The number of benzene rings is 2. The van der Waals surface area contributed by atoms with Crippen LogP contribution < -0.4 is 10.1 Å². The number of para-hydroxylation sites is 1. The zero-order valence-corrected chi connectivity index (χ0v) is 14.4. The fourth-order valence-electron chi connectivity index (χ4n) is 2.54. The molecule has 1 unspecified atom stereocenters. The maximum Gasteiger partial charge on any atom is 0.287 e. The molecule has 3 rings (SSSR count). The largest absolute Gasteiger partial charge is 0.485 e. The van der Waals surface area contributed by atoms with Crippen molar-refractivity contribution in [3.63, 3.8) is 0 Å². The molecule has 128 valence electrons. The molecule has 0 spiro atoms.